The van der Waals surface area contributed by atoms with Gasteiger partial charge in [0.1, 0.15) is 29.7 Å². The second kappa shape index (κ2) is 7.70. The Bertz CT molecular complexity index is 1230. The number of carbonyl (C=O) groups is 2. The number of hydrogen-bond acceptors (Lipinski definition) is 6. The van der Waals surface area contributed by atoms with Crippen molar-refractivity contribution < 1.29 is 23.5 Å². The van der Waals surface area contributed by atoms with Gasteiger partial charge in [-0.2, -0.15) is 5.26 Å². The monoisotopic (exact) mass is 433 g/mol. The van der Waals surface area contributed by atoms with Crippen LogP contribution >= 0.6 is 0 Å². The van der Waals surface area contributed by atoms with Crippen LogP contribution in [0.5, 0.6) is 0 Å². The third kappa shape index (κ3) is 3.79. The Hall–Kier alpha value is -3.83. The first-order valence-corrected chi connectivity index (χ1v) is 10.1. The molecule has 0 spiro atoms. The van der Waals surface area contributed by atoms with E-state index in [0.717, 1.165) is 0 Å². The quantitative estimate of drug-likeness (QED) is 0.631. The number of fused-ring (bicyclic) bond motifs is 1. The van der Waals surface area contributed by atoms with Gasteiger partial charge < -0.3 is 19.2 Å². The van der Waals surface area contributed by atoms with Crippen LogP contribution in [0.3, 0.4) is 0 Å². The molecule has 0 bridgehead atoms. The van der Waals surface area contributed by atoms with Crippen molar-refractivity contribution in [2.75, 3.05) is 11.9 Å². The molecule has 0 saturated heterocycles. The summed E-state index contributed by atoms with van der Waals surface area (Å²) >= 11 is 0. The lowest BCUT2D eigenvalue weighted by atomic mass is 9.89. The normalized spacial score (nSPS) is 18.3. The van der Waals surface area contributed by atoms with E-state index in [1.165, 1.54) is 4.57 Å². The maximum atomic E-state index is 12.9. The van der Waals surface area contributed by atoms with Crippen molar-refractivity contribution in [3.8, 4) is 17.3 Å². The number of carbonyl (C=O) groups excluding carboxylic acids is 2. The fourth-order valence-corrected chi connectivity index (χ4v) is 3.69. The maximum absolute atomic E-state index is 12.9. The Labute approximate surface area is 185 Å². The highest BCUT2D eigenvalue weighted by atomic mass is 16.6. The first-order chi connectivity index (χ1) is 15.1. The van der Waals surface area contributed by atoms with Gasteiger partial charge in [-0.3, -0.25) is 4.79 Å². The number of benzene rings is 1. The van der Waals surface area contributed by atoms with Gasteiger partial charge in [0, 0.05) is 11.3 Å². The lowest BCUT2D eigenvalue weighted by molar-refractivity contribution is -0.125. The van der Waals surface area contributed by atoms with Crippen LogP contribution < -0.4 is 5.32 Å². The highest BCUT2D eigenvalue weighted by molar-refractivity contribution is 5.94. The Kier molecular flexibility index (Phi) is 5.15. The van der Waals surface area contributed by atoms with Crippen LogP contribution in [-0.4, -0.2) is 28.8 Å². The van der Waals surface area contributed by atoms with Crippen LogP contribution in [0.1, 0.15) is 44.7 Å². The summed E-state index contributed by atoms with van der Waals surface area (Å²) in [5.74, 6) is 0.255. The molecule has 3 heterocycles. The molecule has 1 N–H and O–H groups in total. The highest BCUT2D eigenvalue weighted by Crippen LogP contribution is 2.41. The molecule has 0 saturated carbocycles. The standard InChI is InChI=1S/C24H23N3O5/c1-23(2,3)32-22(29)27-16(13-25)8-10-19(27)15-7-9-18-17(12-15)24(4,20-6-5-11-30-20)31-14-21(28)26-18/h5-12H,14H2,1-4H3,(H,26,28). The van der Waals surface area contributed by atoms with Crippen molar-refractivity contribution in [2.45, 2.75) is 38.9 Å². The molecule has 8 heteroatoms. The fraction of sp³-hybridized carbons (Fsp3) is 0.292. The maximum Gasteiger partial charge on any atom is 0.420 e. The first kappa shape index (κ1) is 21.4. The molecule has 1 aliphatic rings. The van der Waals surface area contributed by atoms with E-state index in [4.69, 9.17) is 13.9 Å². The Balaban J connectivity index is 1.87. The summed E-state index contributed by atoms with van der Waals surface area (Å²) < 4.78 is 18.4. The topological polar surface area (TPSA) is 106 Å². The Morgan fingerprint density at radius 2 is 2.03 bits per heavy atom. The number of ether oxygens (including phenoxy) is 2. The minimum atomic E-state index is -1.05. The summed E-state index contributed by atoms with van der Waals surface area (Å²) in [4.78, 5) is 25.1. The zero-order chi connectivity index (χ0) is 23.1. The van der Waals surface area contributed by atoms with Crippen LogP contribution in [0.2, 0.25) is 0 Å². The third-order valence-corrected chi connectivity index (χ3v) is 5.16. The van der Waals surface area contributed by atoms with Gasteiger partial charge in [0.2, 0.25) is 5.91 Å². The summed E-state index contributed by atoms with van der Waals surface area (Å²) in [6, 6.07) is 14.2. The lowest BCUT2D eigenvalue weighted by Crippen LogP contribution is -2.28. The van der Waals surface area contributed by atoms with E-state index in [9.17, 15) is 14.9 Å². The summed E-state index contributed by atoms with van der Waals surface area (Å²) in [5.41, 5.74) is 0.745. The van der Waals surface area contributed by atoms with Crippen molar-refractivity contribution in [1.82, 2.24) is 4.57 Å². The average Bonchev–Trinajstić information content (AvgIpc) is 3.39. The fourth-order valence-electron chi connectivity index (χ4n) is 3.69. The second-order valence-corrected chi connectivity index (χ2v) is 8.64. The molecule has 1 atom stereocenters. The van der Waals surface area contributed by atoms with Gasteiger partial charge in [-0.25, -0.2) is 9.36 Å². The molecule has 2 aromatic heterocycles. The van der Waals surface area contributed by atoms with Crippen LogP contribution in [0.15, 0.2) is 53.1 Å². The van der Waals surface area contributed by atoms with Gasteiger partial charge in [-0.15, -0.1) is 0 Å². The number of furan rings is 1. The molecular formula is C24H23N3O5. The van der Waals surface area contributed by atoms with Gasteiger partial charge in [0.25, 0.3) is 0 Å². The van der Waals surface area contributed by atoms with Crippen molar-refractivity contribution in [3.05, 3.63) is 65.7 Å². The van der Waals surface area contributed by atoms with Crippen molar-refractivity contribution >= 4 is 17.7 Å². The van der Waals surface area contributed by atoms with Crippen LogP contribution in [0, 0.1) is 11.3 Å². The first-order valence-electron chi connectivity index (χ1n) is 10.1. The molecular weight excluding hydrogens is 410 g/mol. The molecule has 1 aliphatic heterocycles. The summed E-state index contributed by atoms with van der Waals surface area (Å²) in [7, 11) is 0. The molecule has 1 unspecified atom stereocenters. The van der Waals surface area contributed by atoms with Crippen molar-refractivity contribution in [2.24, 2.45) is 0 Å². The largest absolute Gasteiger partial charge is 0.466 e. The molecule has 4 rings (SSSR count). The van der Waals surface area contributed by atoms with Gasteiger partial charge in [-0.05, 0) is 69.7 Å². The number of amides is 1. The number of rotatable bonds is 2. The summed E-state index contributed by atoms with van der Waals surface area (Å²) in [5, 5.41) is 12.4. The summed E-state index contributed by atoms with van der Waals surface area (Å²) in [6.45, 7) is 6.96. The lowest BCUT2D eigenvalue weighted by Gasteiger charge is -2.28. The highest BCUT2D eigenvalue weighted by Gasteiger charge is 2.38. The zero-order valence-electron chi connectivity index (χ0n) is 18.3. The van der Waals surface area contributed by atoms with E-state index in [1.54, 1.807) is 63.4 Å². The van der Waals surface area contributed by atoms with Crippen LogP contribution in [0.4, 0.5) is 10.5 Å². The summed E-state index contributed by atoms with van der Waals surface area (Å²) in [6.07, 6.45) is 0.892. The van der Waals surface area contributed by atoms with E-state index in [-0.39, 0.29) is 18.2 Å². The second-order valence-electron chi connectivity index (χ2n) is 8.64. The minimum absolute atomic E-state index is 0.145. The number of nitriles is 1. The number of aromatic nitrogens is 1. The van der Waals surface area contributed by atoms with Gasteiger partial charge in [0.15, 0.2) is 5.60 Å². The SMILES string of the molecule is CC(C)(C)OC(=O)n1c(C#N)ccc1-c1ccc2c(c1)C(C)(c1ccco1)OCC(=O)N2. The molecule has 32 heavy (non-hydrogen) atoms. The predicted octanol–water partition coefficient (Wildman–Crippen LogP) is 4.64. The third-order valence-electron chi connectivity index (χ3n) is 5.16. The molecule has 164 valence electrons. The van der Waals surface area contributed by atoms with Gasteiger partial charge in [-0.1, -0.05) is 6.07 Å². The van der Waals surface area contributed by atoms with Crippen LogP contribution in [0.25, 0.3) is 11.3 Å². The molecule has 0 fully saturated rings. The Morgan fingerprint density at radius 1 is 1.25 bits per heavy atom. The van der Waals surface area contributed by atoms with E-state index in [0.29, 0.717) is 28.3 Å². The number of nitrogens with one attached hydrogen (secondary N) is 1. The molecule has 1 amide bonds. The Morgan fingerprint density at radius 3 is 2.69 bits per heavy atom. The minimum Gasteiger partial charge on any atom is -0.466 e. The molecule has 3 aromatic rings. The van der Waals surface area contributed by atoms with Crippen LogP contribution in [-0.2, 0) is 19.9 Å². The molecule has 0 radical (unpaired) electrons. The van der Waals surface area contributed by atoms with E-state index in [2.05, 4.69) is 5.32 Å². The molecule has 8 nitrogen and oxygen atoms in total. The molecule has 1 aromatic carbocycles. The van der Waals surface area contributed by atoms with Crippen molar-refractivity contribution in [1.29, 1.82) is 5.26 Å². The zero-order valence-corrected chi connectivity index (χ0v) is 18.3. The van der Waals surface area contributed by atoms with E-state index < -0.39 is 17.3 Å². The predicted molar refractivity (Wildman–Crippen MR) is 116 cm³/mol. The average molecular weight is 433 g/mol. The van der Waals surface area contributed by atoms with Gasteiger partial charge in [0.05, 0.1) is 12.0 Å². The van der Waals surface area contributed by atoms with E-state index >= 15 is 0 Å². The van der Waals surface area contributed by atoms with Crippen molar-refractivity contribution in [3.63, 3.8) is 0 Å². The van der Waals surface area contributed by atoms with E-state index in [1.807, 2.05) is 19.1 Å². The number of nitrogens with zero attached hydrogens (tertiary/aromatic N) is 2. The number of anilines is 1. The number of hydrogen-bond donors (Lipinski definition) is 1. The van der Waals surface area contributed by atoms with Gasteiger partial charge >= 0.3 is 6.09 Å². The molecule has 0 aliphatic carbocycles. The smallest absolute Gasteiger partial charge is 0.420 e.